The van der Waals surface area contributed by atoms with Gasteiger partial charge in [-0.1, -0.05) is 11.6 Å². The van der Waals surface area contributed by atoms with Gasteiger partial charge in [0.15, 0.2) is 0 Å². The number of aliphatic hydroxyl groups excluding tert-OH is 1. The number of carboxylic acids is 1. The first-order chi connectivity index (χ1) is 9.06. The van der Waals surface area contributed by atoms with Crippen molar-refractivity contribution in [3.05, 3.63) is 34.5 Å². The summed E-state index contributed by atoms with van der Waals surface area (Å²) in [6.07, 6.45) is 1.30. The number of carbonyl (C=O) groups is 1. The van der Waals surface area contributed by atoms with Crippen LogP contribution in [0.1, 0.15) is 15.9 Å². The van der Waals surface area contributed by atoms with Gasteiger partial charge in [0, 0.05) is 23.2 Å². The van der Waals surface area contributed by atoms with Crippen LogP contribution in [0.2, 0.25) is 5.02 Å². The molecule has 0 aliphatic rings. The number of aliphatic hydroxyl groups is 1. The van der Waals surface area contributed by atoms with E-state index in [0.717, 1.165) is 5.56 Å². The second-order valence-electron chi connectivity index (χ2n) is 4.07. The zero-order valence-corrected chi connectivity index (χ0v) is 11.0. The zero-order chi connectivity index (χ0) is 14.0. The summed E-state index contributed by atoms with van der Waals surface area (Å²) in [7, 11) is 0. The summed E-state index contributed by atoms with van der Waals surface area (Å²) in [6.45, 7) is 2.00. The van der Waals surface area contributed by atoms with Gasteiger partial charge < -0.3 is 15.5 Å². The lowest BCUT2D eigenvalue weighted by molar-refractivity contribution is 0.0697. The fraction of sp³-hybridized carbons (Fsp3) is 0.231. The van der Waals surface area contributed by atoms with Crippen LogP contribution in [0.25, 0.3) is 10.9 Å². The highest BCUT2D eigenvalue weighted by Crippen LogP contribution is 2.31. The van der Waals surface area contributed by atoms with Gasteiger partial charge in [-0.05, 0) is 24.6 Å². The maximum Gasteiger partial charge on any atom is 0.339 e. The van der Waals surface area contributed by atoms with Crippen molar-refractivity contribution < 1.29 is 15.0 Å². The van der Waals surface area contributed by atoms with E-state index in [1.165, 1.54) is 6.20 Å². The van der Waals surface area contributed by atoms with Crippen LogP contribution in [-0.2, 0) is 0 Å². The molecule has 19 heavy (non-hydrogen) atoms. The molecule has 1 heterocycles. The molecule has 0 fully saturated rings. The molecule has 0 amide bonds. The number of aryl methyl sites for hydroxylation is 1. The minimum absolute atomic E-state index is 0.0719. The molecule has 0 saturated carbocycles. The standard InChI is InChI=1S/C13H13ClN2O3/c1-7-10(14)3-2-8-11(7)16-6-9(13(18)19)12(8)15-4-5-17/h2-3,6,17H,4-5H2,1H3,(H,15,16)(H,18,19). The van der Waals surface area contributed by atoms with E-state index in [0.29, 0.717) is 21.6 Å². The number of nitrogens with one attached hydrogen (secondary N) is 1. The first-order valence-electron chi connectivity index (χ1n) is 5.72. The minimum Gasteiger partial charge on any atom is -0.478 e. The van der Waals surface area contributed by atoms with Crippen molar-refractivity contribution >= 4 is 34.2 Å². The molecule has 0 atom stereocenters. The van der Waals surface area contributed by atoms with Gasteiger partial charge in [0.25, 0.3) is 0 Å². The van der Waals surface area contributed by atoms with Crippen LogP contribution < -0.4 is 5.32 Å². The average Bonchev–Trinajstić information content (AvgIpc) is 2.39. The molecule has 1 aromatic heterocycles. The monoisotopic (exact) mass is 280 g/mol. The molecule has 1 aromatic carbocycles. The SMILES string of the molecule is Cc1c(Cl)ccc2c(NCCO)c(C(=O)O)cnc12. The second-order valence-corrected chi connectivity index (χ2v) is 4.48. The van der Waals surface area contributed by atoms with Crippen molar-refractivity contribution in [1.82, 2.24) is 4.98 Å². The van der Waals surface area contributed by atoms with Crippen LogP contribution in [0.3, 0.4) is 0 Å². The summed E-state index contributed by atoms with van der Waals surface area (Å²) < 4.78 is 0. The molecule has 100 valence electrons. The number of carboxylic acid groups (broad SMARTS) is 1. The number of hydrogen-bond donors (Lipinski definition) is 3. The number of hydrogen-bond acceptors (Lipinski definition) is 4. The molecule has 0 aliphatic heterocycles. The predicted molar refractivity (Wildman–Crippen MR) is 74.0 cm³/mol. The Hall–Kier alpha value is -1.85. The number of anilines is 1. The third-order valence-electron chi connectivity index (χ3n) is 2.87. The number of nitrogens with zero attached hydrogens (tertiary/aromatic N) is 1. The van der Waals surface area contributed by atoms with Crippen molar-refractivity contribution in [3.63, 3.8) is 0 Å². The molecule has 5 nitrogen and oxygen atoms in total. The largest absolute Gasteiger partial charge is 0.478 e. The molecule has 3 N–H and O–H groups in total. The van der Waals surface area contributed by atoms with E-state index in [1.54, 1.807) is 12.1 Å². The van der Waals surface area contributed by atoms with Gasteiger partial charge >= 0.3 is 5.97 Å². The summed E-state index contributed by atoms with van der Waals surface area (Å²) >= 11 is 6.03. The Labute approximate surface area is 114 Å². The summed E-state index contributed by atoms with van der Waals surface area (Å²) in [5.74, 6) is -1.07. The van der Waals surface area contributed by atoms with Gasteiger partial charge in [-0.15, -0.1) is 0 Å². The van der Waals surface area contributed by atoms with E-state index in [9.17, 15) is 9.90 Å². The van der Waals surface area contributed by atoms with E-state index < -0.39 is 5.97 Å². The Bertz CT molecular complexity index is 643. The van der Waals surface area contributed by atoms with Crippen molar-refractivity contribution in [2.45, 2.75) is 6.92 Å². The highest BCUT2D eigenvalue weighted by atomic mass is 35.5. The van der Waals surface area contributed by atoms with Gasteiger partial charge in [0.2, 0.25) is 0 Å². The maximum atomic E-state index is 11.2. The van der Waals surface area contributed by atoms with E-state index in [1.807, 2.05) is 6.92 Å². The third-order valence-corrected chi connectivity index (χ3v) is 3.28. The van der Waals surface area contributed by atoms with Crippen LogP contribution in [0.5, 0.6) is 0 Å². The Balaban J connectivity index is 2.72. The number of pyridine rings is 1. The lowest BCUT2D eigenvalue weighted by atomic mass is 10.1. The highest BCUT2D eigenvalue weighted by molar-refractivity contribution is 6.32. The summed E-state index contributed by atoms with van der Waals surface area (Å²) in [5, 5.41) is 22.2. The lowest BCUT2D eigenvalue weighted by Crippen LogP contribution is -2.11. The Morgan fingerprint density at radius 2 is 2.21 bits per heavy atom. The van der Waals surface area contributed by atoms with Gasteiger partial charge in [-0.3, -0.25) is 4.98 Å². The van der Waals surface area contributed by atoms with Crippen molar-refractivity contribution in [3.8, 4) is 0 Å². The number of fused-ring (bicyclic) bond motifs is 1. The van der Waals surface area contributed by atoms with Crippen LogP contribution in [0, 0.1) is 6.92 Å². The Morgan fingerprint density at radius 3 is 2.84 bits per heavy atom. The fourth-order valence-corrected chi connectivity index (χ4v) is 2.07. The quantitative estimate of drug-likeness (QED) is 0.800. The molecule has 2 rings (SSSR count). The van der Waals surface area contributed by atoms with Gasteiger partial charge in [0.1, 0.15) is 5.56 Å². The zero-order valence-electron chi connectivity index (χ0n) is 10.3. The third kappa shape index (κ3) is 2.47. The number of benzene rings is 1. The Morgan fingerprint density at radius 1 is 1.47 bits per heavy atom. The number of aromatic nitrogens is 1. The van der Waals surface area contributed by atoms with Crippen LogP contribution in [0.4, 0.5) is 5.69 Å². The number of aromatic carboxylic acids is 1. The van der Waals surface area contributed by atoms with Crippen LogP contribution in [-0.4, -0.2) is 34.3 Å². The highest BCUT2D eigenvalue weighted by Gasteiger charge is 2.16. The summed E-state index contributed by atoms with van der Waals surface area (Å²) in [5.41, 5.74) is 1.97. The first kappa shape index (κ1) is 13.6. The average molecular weight is 281 g/mol. The molecule has 0 aliphatic carbocycles. The van der Waals surface area contributed by atoms with Gasteiger partial charge in [-0.2, -0.15) is 0 Å². The number of halogens is 1. The molecule has 0 unspecified atom stereocenters. The van der Waals surface area contributed by atoms with E-state index in [-0.39, 0.29) is 18.7 Å². The second kappa shape index (κ2) is 5.42. The topological polar surface area (TPSA) is 82.5 Å². The molecule has 0 radical (unpaired) electrons. The first-order valence-corrected chi connectivity index (χ1v) is 6.10. The molecule has 6 heteroatoms. The predicted octanol–water partition coefficient (Wildman–Crippen LogP) is 2.30. The van der Waals surface area contributed by atoms with Crippen LogP contribution in [0.15, 0.2) is 18.3 Å². The Kier molecular flexibility index (Phi) is 3.87. The molecule has 0 spiro atoms. The fourth-order valence-electron chi connectivity index (χ4n) is 1.92. The van der Waals surface area contributed by atoms with Crippen molar-refractivity contribution in [2.75, 3.05) is 18.5 Å². The number of rotatable bonds is 4. The van der Waals surface area contributed by atoms with Gasteiger partial charge in [-0.25, -0.2) is 4.79 Å². The normalized spacial score (nSPS) is 10.7. The molecule has 0 saturated heterocycles. The summed E-state index contributed by atoms with van der Waals surface area (Å²) in [4.78, 5) is 15.4. The summed E-state index contributed by atoms with van der Waals surface area (Å²) in [6, 6.07) is 3.43. The van der Waals surface area contributed by atoms with E-state index >= 15 is 0 Å². The lowest BCUT2D eigenvalue weighted by Gasteiger charge is -2.13. The molecule has 2 aromatic rings. The van der Waals surface area contributed by atoms with Crippen molar-refractivity contribution in [1.29, 1.82) is 0 Å². The minimum atomic E-state index is -1.07. The molecular formula is C13H13ClN2O3. The van der Waals surface area contributed by atoms with E-state index in [4.69, 9.17) is 16.7 Å². The maximum absolute atomic E-state index is 11.2. The molecule has 0 bridgehead atoms. The van der Waals surface area contributed by atoms with Crippen molar-refractivity contribution in [2.24, 2.45) is 0 Å². The van der Waals surface area contributed by atoms with Gasteiger partial charge in [0.05, 0.1) is 17.8 Å². The smallest absolute Gasteiger partial charge is 0.339 e. The molecular weight excluding hydrogens is 268 g/mol. The van der Waals surface area contributed by atoms with Crippen LogP contribution >= 0.6 is 11.6 Å². The van der Waals surface area contributed by atoms with E-state index in [2.05, 4.69) is 10.3 Å².